The number of amides is 1. The van der Waals surface area contributed by atoms with Crippen molar-refractivity contribution in [3.8, 4) is 6.07 Å². The molecule has 21 heavy (non-hydrogen) atoms. The van der Waals surface area contributed by atoms with Crippen LogP contribution >= 0.6 is 0 Å². The molecule has 0 spiro atoms. The topological polar surface area (TPSA) is 52.9 Å². The van der Waals surface area contributed by atoms with Crippen molar-refractivity contribution < 1.29 is 13.6 Å². The van der Waals surface area contributed by atoms with Gasteiger partial charge in [-0.1, -0.05) is 12.1 Å². The van der Waals surface area contributed by atoms with Crippen LogP contribution < -0.4 is 5.32 Å². The average Bonchev–Trinajstić information content (AvgIpc) is 2.45. The lowest BCUT2D eigenvalue weighted by molar-refractivity contribution is 0.0946. The molecule has 1 N–H and O–H groups in total. The number of carbonyl (C=O) groups is 1. The SMILES string of the molecule is Cc1ccc(C(=O)NCc2ccc(C#N)cc2F)c(F)c1. The molecule has 2 aromatic carbocycles. The Labute approximate surface area is 120 Å². The van der Waals surface area contributed by atoms with Gasteiger partial charge in [-0.15, -0.1) is 0 Å². The Balaban J connectivity index is 2.09. The summed E-state index contributed by atoms with van der Waals surface area (Å²) >= 11 is 0. The van der Waals surface area contributed by atoms with E-state index in [-0.39, 0.29) is 23.2 Å². The van der Waals surface area contributed by atoms with Gasteiger partial charge in [0.25, 0.3) is 5.91 Å². The molecule has 1 amide bonds. The Morgan fingerprint density at radius 3 is 2.57 bits per heavy atom. The zero-order valence-electron chi connectivity index (χ0n) is 11.3. The zero-order chi connectivity index (χ0) is 15.4. The van der Waals surface area contributed by atoms with Crippen LogP contribution in [0.25, 0.3) is 0 Å². The largest absolute Gasteiger partial charge is 0.348 e. The van der Waals surface area contributed by atoms with Crippen molar-refractivity contribution in [2.24, 2.45) is 0 Å². The number of halogens is 2. The van der Waals surface area contributed by atoms with Gasteiger partial charge in [-0.25, -0.2) is 8.78 Å². The quantitative estimate of drug-likeness (QED) is 0.942. The van der Waals surface area contributed by atoms with Crippen LogP contribution in [0.2, 0.25) is 0 Å². The summed E-state index contributed by atoms with van der Waals surface area (Å²) in [5.74, 6) is -1.82. The molecule has 0 aromatic heterocycles. The Bertz CT molecular complexity index is 736. The first-order chi connectivity index (χ1) is 10.0. The molecule has 0 radical (unpaired) electrons. The summed E-state index contributed by atoms with van der Waals surface area (Å²) in [6.45, 7) is 1.64. The molecule has 0 aliphatic rings. The summed E-state index contributed by atoms with van der Waals surface area (Å²) in [4.78, 5) is 11.9. The number of nitriles is 1. The predicted molar refractivity (Wildman–Crippen MR) is 73.4 cm³/mol. The minimum Gasteiger partial charge on any atom is -0.348 e. The molecule has 0 unspecified atom stereocenters. The van der Waals surface area contributed by atoms with Crippen LogP contribution in [0, 0.1) is 29.9 Å². The molecule has 0 fully saturated rings. The summed E-state index contributed by atoms with van der Waals surface area (Å²) in [6.07, 6.45) is 0. The highest BCUT2D eigenvalue weighted by molar-refractivity contribution is 5.94. The molecule has 106 valence electrons. The second-order valence-corrected chi connectivity index (χ2v) is 4.58. The van der Waals surface area contributed by atoms with Crippen molar-refractivity contribution in [3.05, 3.63) is 70.3 Å². The van der Waals surface area contributed by atoms with Crippen LogP contribution in [-0.2, 0) is 6.54 Å². The fraction of sp³-hybridized carbons (Fsp3) is 0.125. The fourth-order valence-corrected chi connectivity index (χ4v) is 1.84. The summed E-state index contributed by atoms with van der Waals surface area (Å²) in [7, 11) is 0. The van der Waals surface area contributed by atoms with Gasteiger partial charge in [0.05, 0.1) is 17.2 Å². The lowest BCUT2D eigenvalue weighted by atomic mass is 10.1. The molecule has 2 aromatic rings. The number of aryl methyl sites for hydroxylation is 1. The number of carbonyl (C=O) groups excluding carboxylic acids is 1. The van der Waals surface area contributed by atoms with E-state index in [1.54, 1.807) is 13.0 Å². The molecule has 0 saturated heterocycles. The maximum Gasteiger partial charge on any atom is 0.254 e. The summed E-state index contributed by atoms with van der Waals surface area (Å²) < 4.78 is 27.3. The number of hydrogen-bond acceptors (Lipinski definition) is 2. The summed E-state index contributed by atoms with van der Waals surface area (Å²) in [5.41, 5.74) is 1.05. The van der Waals surface area contributed by atoms with Crippen LogP contribution in [0.3, 0.4) is 0 Å². The van der Waals surface area contributed by atoms with Crippen LogP contribution in [0.4, 0.5) is 8.78 Å². The van der Waals surface area contributed by atoms with E-state index in [0.29, 0.717) is 5.56 Å². The normalized spacial score (nSPS) is 10.0. The molecule has 0 saturated carbocycles. The first kappa shape index (κ1) is 14.7. The molecule has 2 rings (SSSR count). The Morgan fingerprint density at radius 1 is 1.19 bits per heavy atom. The van der Waals surface area contributed by atoms with Gasteiger partial charge >= 0.3 is 0 Å². The Hall–Kier alpha value is -2.74. The highest BCUT2D eigenvalue weighted by Gasteiger charge is 2.12. The van der Waals surface area contributed by atoms with E-state index in [1.807, 2.05) is 6.07 Å². The van der Waals surface area contributed by atoms with Gasteiger partial charge < -0.3 is 5.32 Å². The molecular weight excluding hydrogens is 274 g/mol. The predicted octanol–water partition coefficient (Wildman–Crippen LogP) is 3.07. The number of benzene rings is 2. The number of nitrogens with zero attached hydrogens (tertiary/aromatic N) is 1. The number of nitrogens with one attached hydrogen (secondary N) is 1. The van der Waals surface area contributed by atoms with Gasteiger partial charge in [0.15, 0.2) is 0 Å². The van der Waals surface area contributed by atoms with Crippen molar-refractivity contribution in [2.75, 3.05) is 0 Å². The van der Waals surface area contributed by atoms with Crippen LogP contribution in [0.1, 0.15) is 27.0 Å². The first-order valence-electron chi connectivity index (χ1n) is 6.24. The van der Waals surface area contributed by atoms with Crippen molar-refractivity contribution >= 4 is 5.91 Å². The van der Waals surface area contributed by atoms with Gasteiger partial charge in [-0.3, -0.25) is 4.79 Å². The molecule has 0 aliphatic heterocycles. The van der Waals surface area contributed by atoms with E-state index in [9.17, 15) is 13.6 Å². The lowest BCUT2D eigenvalue weighted by Crippen LogP contribution is -2.24. The number of hydrogen-bond donors (Lipinski definition) is 1. The molecule has 5 heteroatoms. The summed E-state index contributed by atoms with van der Waals surface area (Å²) in [5, 5.41) is 11.1. The second kappa shape index (κ2) is 6.14. The minimum absolute atomic E-state index is 0.0797. The van der Waals surface area contributed by atoms with Gasteiger partial charge in [0.2, 0.25) is 0 Å². The van der Waals surface area contributed by atoms with Gasteiger partial charge in [0, 0.05) is 12.1 Å². The average molecular weight is 286 g/mol. The molecule has 0 atom stereocenters. The van der Waals surface area contributed by atoms with Gasteiger partial charge in [-0.05, 0) is 36.8 Å². The third kappa shape index (κ3) is 3.42. The molecule has 3 nitrogen and oxygen atoms in total. The van der Waals surface area contributed by atoms with E-state index in [2.05, 4.69) is 5.32 Å². The molecular formula is C16H12F2N2O. The standard InChI is InChI=1S/C16H12F2N2O/c1-10-2-5-13(15(18)6-10)16(21)20-9-12-4-3-11(8-19)7-14(12)17/h2-7H,9H2,1H3,(H,20,21). The maximum absolute atomic E-state index is 13.6. The highest BCUT2D eigenvalue weighted by atomic mass is 19.1. The van der Waals surface area contributed by atoms with Crippen LogP contribution in [0.5, 0.6) is 0 Å². The van der Waals surface area contributed by atoms with E-state index >= 15 is 0 Å². The van der Waals surface area contributed by atoms with E-state index in [0.717, 1.165) is 6.07 Å². The van der Waals surface area contributed by atoms with Crippen molar-refractivity contribution in [3.63, 3.8) is 0 Å². The zero-order valence-corrected chi connectivity index (χ0v) is 11.3. The first-order valence-corrected chi connectivity index (χ1v) is 6.24. The van der Waals surface area contributed by atoms with Gasteiger partial charge in [0.1, 0.15) is 11.6 Å². The van der Waals surface area contributed by atoms with Crippen LogP contribution in [-0.4, -0.2) is 5.91 Å². The van der Waals surface area contributed by atoms with Crippen LogP contribution in [0.15, 0.2) is 36.4 Å². The molecule has 0 bridgehead atoms. The van der Waals surface area contributed by atoms with Crippen molar-refractivity contribution in [1.82, 2.24) is 5.32 Å². The third-order valence-electron chi connectivity index (χ3n) is 2.99. The Kier molecular flexibility index (Phi) is 4.29. The highest BCUT2D eigenvalue weighted by Crippen LogP contribution is 2.12. The second-order valence-electron chi connectivity index (χ2n) is 4.58. The minimum atomic E-state index is -0.618. The Morgan fingerprint density at radius 2 is 1.95 bits per heavy atom. The van der Waals surface area contributed by atoms with Crippen molar-refractivity contribution in [1.29, 1.82) is 5.26 Å². The number of rotatable bonds is 3. The maximum atomic E-state index is 13.6. The third-order valence-corrected chi connectivity index (χ3v) is 2.99. The lowest BCUT2D eigenvalue weighted by Gasteiger charge is -2.08. The fourth-order valence-electron chi connectivity index (χ4n) is 1.84. The summed E-state index contributed by atoms with van der Waals surface area (Å²) in [6, 6.07) is 10.1. The van der Waals surface area contributed by atoms with Crippen molar-refractivity contribution in [2.45, 2.75) is 13.5 Å². The smallest absolute Gasteiger partial charge is 0.254 e. The monoisotopic (exact) mass is 286 g/mol. The molecule has 0 aliphatic carbocycles. The van der Waals surface area contributed by atoms with E-state index < -0.39 is 17.5 Å². The van der Waals surface area contributed by atoms with E-state index in [1.165, 1.54) is 24.3 Å². The van der Waals surface area contributed by atoms with E-state index in [4.69, 9.17) is 5.26 Å². The molecule has 0 heterocycles. The van der Waals surface area contributed by atoms with Gasteiger partial charge in [-0.2, -0.15) is 5.26 Å².